The van der Waals surface area contributed by atoms with Gasteiger partial charge in [0.1, 0.15) is 0 Å². The van der Waals surface area contributed by atoms with Gasteiger partial charge in [0.2, 0.25) is 0 Å². The van der Waals surface area contributed by atoms with E-state index in [1.165, 1.54) is 15.0 Å². The molecule has 1 fully saturated rings. The molecule has 1 aromatic heterocycles. The highest BCUT2D eigenvalue weighted by molar-refractivity contribution is 7.19. The average Bonchev–Trinajstić information content (AvgIpc) is 2.73. The molecule has 0 radical (unpaired) electrons. The number of thiophene rings is 1. The summed E-state index contributed by atoms with van der Waals surface area (Å²) < 4.78 is 1.40. The third kappa shape index (κ3) is 1.75. The van der Waals surface area contributed by atoms with Crippen LogP contribution in [0.5, 0.6) is 0 Å². The first-order valence-corrected chi connectivity index (χ1v) is 6.56. The van der Waals surface area contributed by atoms with Crippen LogP contribution in [-0.4, -0.2) is 31.6 Å². The second-order valence-electron chi connectivity index (χ2n) is 4.39. The molecule has 84 valence electrons. The maximum Gasteiger partial charge on any atom is 0.0564 e. The van der Waals surface area contributed by atoms with Crippen LogP contribution in [0.3, 0.4) is 0 Å². The Hall–Kier alpha value is -0.900. The Bertz CT molecular complexity index is 458. The van der Waals surface area contributed by atoms with Crippen LogP contribution in [-0.2, 0) is 0 Å². The summed E-state index contributed by atoms with van der Waals surface area (Å²) in [6.07, 6.45) is 0. The number of hydrogen-bond acceptors (Lipinski definition) is 3. The molecule has 0 bridgehead atoms. The monoisotopic (exact) mass is 232 g/mol. The predicted molar refractivity (Wildman–Crippen MR) is 70.1 cm³/mol. The molecule has 0 aliphatic carbocycles. The van der Waals surface area contributed by atoms with E-state index in [0.29, 0.717) is 6.04 Å². The smallest absolute Gasteiger partial charge is 0.0564 e. The molecule has 2 nitrogen and oxygen atoms in total. The molecule has 1 aromatic carbocycles. The fourth-order valence-corrected chi connectivity index (χ4v) is 3.52. The minimum Gasteiger partial charge on any atom is -0.314 e. The minimum atomic E-state index is 0.547. The molecule has 2 heterocycles. The molecule has 0 amide bonds. The van der Waals surface area contributed by atoms with E-state index in [9.17, 15) is 0 Å². The number of nitrogens with zero attached hydrogens (tertiary/aromatic N) is 1. The molecule has 3 heteroatoms. The summed E-state index contributed by atoms with van der Waals surface area (Å²) in [6.45, 7) is 3.32. The quantitative estimate of drug-likeness (QED) is 0.812. The average molecular weight is 232 g/mol. The summed E-state index contributed by atoms with van der Waals surface area (Å²) in [5.74, 6) is 0. The lowest BCUT2D eigenvalue weighted by atomic mass is 10.1. The highest BCUT2D eigenvalue weighted by atomic mass is 32.1. The number of rotatable bonds is 1. The molecule has 3 rings (SSSR count). The first kappa shape index (κ1) is 10.3. The summed E-state index contributed by atoms with van der Waals surface area (Å²) in [5.41, 5.74) is 0. The fourth-order valence-electron chi connectivity index (χ4n) is 2.29. The van der Waals surface area contributed by atoms with E-state index < -0.39 is 0 Å². The van der Waals surface area contributed by atoms with Crippen molar-refractivity contribution in [2.24, 2.45) is 0 Å². The number of piperazine rings is 1. The Kier molecular flexibility index (Phi) is 2.67. The van der Waals surface area contributed by atoms with Crippen LogP contribution in [0.2, 0.25) is 0 Å². The van der Waals surface area contributed by atoms with E-state index in [0.717, 1.165) is 19.6 Å². The Morgan fingerprint density at radius 2 is 2.25 bits per heavy atom. The van der Waals surface area contributed by atoms with E-state index in [4.69, 9.17) is 0 Å². The minimum absolute atomic E-state index is 0.547. The molecule has 1 N–H and O–H groups in total. The molecule has 1 atom stereocenters. The predicted octanol–water partition coefficient (Wildman–Crippen LogP) is 2.48. The molecule has 0 spiro atoms. The molecular weight excluding hydrogens is 216 g/mol. The van der Waals surface area contributed by atoms with Crippen LogP contribution in [0.1, 0.15) is 10.9 Å². The summed E-state index contributed by atoms with van der Waals surface area (Å²) in [7, 11) is 2.22. The largest absolute Gasteiger partial charge is 0.314 e. The van der Waals surface area contributed by atoms with Gasteiger partial charge in [-0.25, -0.2) is 0 Å². The third-order valence-corrected chi connectivity index (χ3v) is 4.50. The van der Waals surface area contributed by atoms with Gasteiger partial charge in [0.25, 0.3) is 0 Å². The number of benzene rings is 1. The first-order valence-electron chi connectivity index (χ1n) is 5.74. The van der Waals surface area contributed by atoms with Crippen molar-refractivity contribution in [3.63, 3.8) is 0 Å². The Balaban J connectivity index is 1.98. The normalized spacial score (nSPS) is 22.7. The van der Waals surface area contributed by atoms with Gasteiger partial charge in [-0.15, -0.1) is 11.3 Å². The highest BCUT2D eigenvalue weighted by Gasteiger charge is 2.21. The molecule has 1 unspecified atom stereocenters. The van der Waals surface area contributed by atoms with Crippen molar-refractivity contribution in [2.75, 3.05) is 26.7 Å². The van der Waals surface area contributed by atoms with E-state index in [1.807, 2.05) is 11.3 Å². The maximum absolute atomic E-state index is 3.47. The van der Waals surface area contributed by atoms with Crippen molar-refractivity contribution in [1.29, 1.82) is 0 Å². The van der Waals surface area contributed by atoms with Crippen molar-refractivity contribution < 1.29 is 0 Å². The molecule has 1 saturated heterocycles. The standard InChI is InChI=1S/C13H16N2S/c1-15-7-6-14-9-11(15)13-8-10-4-2-3-5-12(10)16-13/h2-5,8,11,14H,6-7,9H2,1H3. The van der Waals surface area contributed by atoms with Gasteiger partial charge in [0.15, 0.2) is 0 Å². The van der Waals surface area contributed by atoms with Gasteiger partial charge in [-0.3, -0.25) is 4.90 Å². The van der Waals surface area contributed by atoms with Crippen LogP contribution in [0.15, 0.2) is 30.3 Å². The maximum atomic E-state index is 3.47. The van der Waals surface area contributed by atoms with Gasteiger partial charge in [0, 0.05) is 29.2 Å². The van der Waals surface area contributed by atoms with Gasteiger partial charge in [-0.05, 0) is 24.6 Å². The summed E-state index contributed by atoms with van der Waals surface area (Å²) in [6, 6.07) is 11.5. The summed E-state index contributed by atoms with van der Waals surface area (Å²) >= 11 is 1.93. The Morgan fingerprint density at radius 3 is 3.06 bits per heavy atom. The number of likely N-dealkylation sites (N-methyl/N-ethyl adjacent to an activating group) is 1. The number of fused-ring (bicyclic) bond motifs is 1. The van der Waals surface area contributed by atoms with Crippen molar-refractivity contribution in [1.82, 2.24) is 10.2 Å². The topological polar surface area (TPSA) is 15.3 Å². The van der Waals surface area contributed by atoms with Gasteiger partial charge >= 0.3 is 0 Å². The summed E-state index contributed by atoms with van der Waals surface area (Å²) in [4.78, 5) is 3.93. The van der Waals surface area contributed by atoms with Crippen LogP contribution in [0, 0.1) is 0 Å². The lowest BCUT2D eigenvalue weighted by Crippen LogP contribution is -2.43. The van der Waals surface area contributed by atoms with E-state index >= 15 is 0 Å². The Labute approximate surface area is 99.9 Å². The van der Waals surface area contributed by atoms with Gasteiger partial charge in [-0.2, -0.15) is 0 Å². The van der Waals surface area contributed by atoms with Gasteiger partial charge in [0.05, 0.1) is 6.04 Å². The first-order chi connectivity index (χ1) is 7.84. The zero-order valence-electron chi connectivity index (χ0n) is 9.44. The van der Waals surface area contributed by atoms with Gasteiger partial charge in [-0.1, -0.05) is 18.2 Å². The van der Waals surface area contributed by atoms with Crippen LogP contribution >= 0.6 is 11.3 Å². The second-order valence-corrected chi connectivity index (χ2v) is 5.50. The third-order valence-electron chi connectivity index (χ3n) is 3.28. The molecule has 1 aliphatic heterocycles. The van der Waals surface area contributed by atoms with Crippen molar-refractivity contribution in [2.45, 2.75) is 6.04 Å². The Morgan fingerprint density at radius 1 is 1.38 bits per heavy atom. The van der Waals surface area contributed by atoms with Crippen LogP contribution in [0.25, 0.3) is 10.1 Å². The van der Waals surface area contributed by atoms with Crippen molar-refractivity contribution in [3.05, 3.63) is 35.2 Å². The zero-order valence-corrected chi connectivity index (χ0v) is 10.3. The fraction of sp³-hybridized carbons (Fsp3) is 0.385. The van der Waals surface area contributed by atoms with Gasteiger partial charge < -0.3 is 5.32 Å². The lowest BCUT2D eigenvalue weighted by Gasteiger charge is -2.32. The molecule has 1 aliphatic rings. The van der Waals surface area contributed by atoms with E-state index in [2.05, 4.69) is 47.6 Å². The molecule has 0 saturated carbocycles. The van der Waals surface area contributed by atoms with E-state index in [-0.39, 0.29) is 0 Å². The molecule has 16 heavy (non-hydrogen) atoms. The summed E-state index contributed by atoms with van der Waals surface area (Å²) in [5, 5.41) is 4.85. The zero-order chi connectivity index (χ0) is 11.0. The van der Waals surface area contributed by atoms with Crippen molar-refractivity contribution >= 4 is 21.4 Å². The lowest BCUT2D eigenvalue weighted by molar-refractivity contribution is 0.205. The highest BCUT2D eigenvalue weighted by Crippen LogP contribution is 2.32. The molecule has 2 aromatic rings. The number of nitrogens with one attached hydrogen (secondary N) is 1. The van der Waals surface area contributed by atoms with Crippen LogP contribution in [0.4, 0.5) is 0 Å². The SMILES string of the molecule is CN1CCNCC1c1cc2ccccc2s1. The molecular formula is C13H16N2S. The second kappa shape index (κ2) is 4.17. The van der Waals surface area contributed by atoms with Crippen LogP contribution < -0.4 is 5.32 Å². The number of hydrogen-bond donors (Lipinski definition) is 1. The van der Waals surface area contributed by atoms with E-state index in [1.54, 1.807) is 0 Å². The van der Waals surface area contributed by atoms with Crippen molar-refractivity contribution in [3.8, 4) is 0 Å².